The molecule has 2 aromatic rings. The number of ether oxygens (including phenoxy) is 1. The van der Waals surface area contributed by atoms with E-state index in [-0.39, 0.29) is 36.8 Å². The molecule has 5 rings (SSSR count). The number of fused-ring (bicyclic) bond motifs is 2. The molecule has 1 spiro atoms. The Bertz CT molecular complexity index is 1440. The lowest BCUT2D eigenvalue weighted by molar-refractivity contribution is -0.151. The van der Waals surface area contributed by atoms with Crippen LogP contribution in [-0.4, -0.2) is 82.7 Å². The van der Waals surface area contributed by atoms with Gasteiger partial charge in [0.2, 0.25) is 11.8 Å². The van der Waals surface area contributed by atoms with Crippen LogP contribution in [0.25, 0.3) is 10.8 Å². The Morgan fingerprint density at radius 2 is 1.76 bits per heavy atom. The molecule has 8 heteroatoms. The lowest BCUT2D eigenvalue weighted by Gasteiger charge is -2.39. The Morgan fingerprint density at radius 1 is 1.04 bits per heavy atom. The highest BCUT2D eigenvalue weighted by Gasteiger charge is 2.80. The predicted molar refractivity (Wildman–Crippen MR) is 178 cm³/mol. The largest absolute Gasteiger partial charge is 0.396 e. The number of hydrogen-bond donors (Lipinski definition) is 1. The quantitative estimate of drug-likeness (QED) is 0.216. The molecule has 3 unspecified atom stereocenters. The highest BCUT2D eigenvalue weighted by Crippen LogP contribution is 2.65. The standard InChI is InChI=1S/C37H49N3O5/c1-6-19-38(20-7-2)33(42)30-31-34(43)40(22-13-9-10-14-23-41)32(37(31)25-26(4)36(30,5)45-37)35(44)39(21-8-3)29-18-17-27-15-11-12-16-28(27)24-29/h6,8,11-12,15-18,24,26,30-32,41H,1,3,7,9-10,13-14,19-23,25H2,2,4-5H3/t26?,30-,31-,32?,36+,37?/m0/s1. The zero-order chi connectivity index (χ0) is 32.4. The first-order valence-corrected chi connectivity index (χ1v) is 16.6. The van der Waals surface area contributed by atoms with Crippen molar-refractivity contribution in [3.8, 4) is 0 Å². The van der Waals surface area contributed by atoms with Gasteiger partial charge in [-0.05, 0) is 61.4 Å². The maximum atomic E-state index is 15.0. The van der Waals surface area contributed by atoms with Crippen LogP contribution in [0, 0.1) is 17.8 Å². The van der Waals surface area contributed by atoms with Crippen LogP contribution in [0.2, 0.25) is 0 Å². The van der Waals surface area contributed by atoms with E-state index in [1.807, 2.05) is 56.3 Å². The number of anilines is 1. The molecule has 3 heterocycles. The average molecular weight is 616 g/mol. The molecule has 3 aliphatic rings. The molecule has 0 aliphatic carbocycles. The monoisotopic (exact) mass is 615 g/mol. The summed E-state index contributed by atoms with van der Waals surface area (Å²) in [5.41, 5.74) is -1.26. The normalized spacial score (nSPS) is 28.4. The maximum absolute atomic E-state index is 15.0. The van der Waals surface area contributed by atoms with Crippen LogP contribution in [0.3, 0.4) is 0 Å². The number of nitrogens with zero attached hydrogens (tertiary/aromatic N) is 3. The summed E-state index contributed by atoms with van der Waals surface area (Å²) in [7, 11) is 0. The second-order valence-electron chi connectivity index (χ2n) is 13.2. The van der Waals surface area contributed by atoms with Crippen molar-refractivity contribution in [2.75, 3.05) is 37.7 Å². The molecule has 3 amide bonds. The summed E-state index contributed by atoms with van der Waals surface area (Å²) in [5.74, 6) is -1.95. The van der Waals surface area contributed by atoms with Gasteiger partial charge < -0.3 is 24.5 Å². The number of carbonyl (C=O) groups excluding carboxylic acids is 3. The van der Waals surface area contributed by atoms with Crippen molar-refractivity contribution < 1.29 is 24.2 Å². The number of carbonyl (C=O) groups is 3. The predicted octanol–water partition coefficient (Wildman–Crippen LogP) is 5.35. The van der Waals surface area contributed by atoms with Crippen molar-refractivity contribution in [2.24, 2.45) is 17.8 Å². The van der Waals surface area contributed by atoms with E-state index in [9.17, 15) is 19.5 Å². The molecule has 0 aromatic heterocycles. The van der Waals surface area contributed by atoms with Crippen molar-refractivity contribution in [3.63, 3.8) is 0 Å². The van der Waals surface area contributed by atoms with Gasteiger partial charge >= 0.3 is 0 Å². The first-order valence-electron chi connectivity index (χ1n) is 16.6. The maximum Gasteiger partial charge on any atom is 0.253 e. The summed E-state index contributed by atoms with van der Waals surface area (Å²) < 4.78 is 7.00. The van der Waals surface area contributed by atoms with Crippen LogP contribution in [0.1, 0.15) is 59.3 Å². The van der Waals surface area contributed by atoms with Gasteiger partial charge in [0.15, 0.2) is 0 Å². The van der Waals surface area contributed by atoms with Gasteiger partial charge in [0.1, 0.15) is 11.6 Å². The number of aliphatic hydroxyl groups excluding tert-OH is 1. The Hall–Kier alpha value is -3.49. The Balaban J connectivity index is 1.58. The second-order valence-corrected chi connectivity index (χ2v) is 13.2. The number of aliphatic hydroxyl groups is 1. The molecular formula is C37H49N3O5. The van der Waals surface area contributed by atoms with E-state index in [1.54, 1.807) is 26.9 Å². The van der Waals surface area contributed by atoms with Crippen LogP contribution in [0.4, 0.5) is 5.69 Å². The third-order valence-electron chi connectivity index (χ3n) is 10.4. The molecule has 242 valence electrons. The van der Waals surface area contributed by atoms with Crippen molar-refractivity contribution >= 4 is 34.2 Å². The molecule has 3 aliphatic heterocycles. The average Bonchev–Trinajstić information content (AvgIpc) is 3.55. The summed E-state index contributed by atoms with van der Waals surface area (Å²) >= 11 is 0. The van der Waals surface area contributed by atoms with Crippen molar-refractivity contribution in [3.05, 3.63) is 67.8 Å². The number of benzene rings is 2. The van der Waals surface area contributed by atoms with Crippen molar-refractivity contribution in [2.45, 2.75) is 76.5 Å². The summed E-state index contributed by atoms with van der Waals surface area (Å²) in [6.45, 7) is 15.6. The van der Waals surface area contributed by atoms with E-state index in [0.717, 1.165) is 35.7 Å². The van der Waals surface area contributed by atoms with E-state index in [1.165, 1.54) is 0 Å². The number of likely N-dealkylation sites (tertiary alicyclic amines) is 1. The van der Waals surface area contributed by atoms with Gasteiger partial charge in [-0.1, -0.05) is 69.2 Å². The number of unbranched alkanes of at least 4 members (excludes halogenated alkanes) is 3. The molecule has 2 aromatic carbocycles. The van der Waals surface area contributed by atoms with E-state index in [0.29, 0.717) is 38.9 Å². The fourth-order valence-corrected chi connectivity index (χ4v) is 8.24. The molecule has 2 bridgehead atoms. The van der Waals surface area contributed by atoms with Gasteiger partial charge in [-0.3, -0.25) is 14.4 Å². The molecule has 45 heavy (non-hydrogen) atoms. The minimum absolute atomic E-state index is 0.0314. The van der Waals surface area contributed by atoms with E-state index in [4.69, 9.17) is 4.74 Å². The molecule has 0 saturated carbocycles. The topological polar surface area (TPSA) is 90.4 Å². The molecular weight excluding hydrogens is 566 g/mol. The minimum Gasteiger partial charge on any atom is -0.396 e. The second kappa shape index (κ2) is 13.5. The number of amides is 3. The fraction of sp³-hybridized carbons (Fsp3) is 0.541. The molecule has 8 nitrogen and oxygen atoms in total. The van der Waals surface area contributed by atoms with Gasteiger partial charge in [-0.2, -0.15) is 0 Å². The highest BCUT2D eigenvalue weighted by molar-refractivity contribution is 6.06. The highest BCUT2D eigenvalue weighted by atomic mass is 16.5. The molecule has 0 radical (unpaired) electrons. The van der Waals surface area contributed by atoms with Crippen LogP contribution >= 0.6 is 0 Å². The van der Waals surface area contributed by atoms with Crippen molar-refractivity contribution in [1.82, 2.24) is 9.80 Å². The van der Waals surface area contributed by atoms with Crippen LogP contribution in [0.5, 0.6) is 0 Å². The molecule has 3 saturated heterocycles. The number of hydrogen-bond acceptors (Lipinski definition) is 5. The third-order valence-corrected chi connectivity index (χ3v) is 10.4. The smallest absolute Gasteiger partial charge is 0.253 e. The van der Waals surface area contributed by atoms with Crippen molar-refractivity contribution in [1.29, 1.82) is 0 Å². The van der Waals surface area contributed by atoms with Gasteiger partial charge in [-0.15, -0.1) is 13.2 Å². The Morgan fingerprint density at radius 3 is 2.44 bits per heavy atom. The zero-order valence-corrected chi connectivity index (χ0v) is 27.1. The summed E-state index contributed by atoms with van der Waals surface area (Å²) in [5, 5.41) is 11.4. The summed E-state index contributed by atoms with van der Waals surface area (Å²) in [6.07, 6.45) is 7.80. The van der Waals surface area contributed by atoms with Gasteiger partial charge in [0, 0.05) is 38.5 Å². The summed E-state index contributed by atoms with van der Waals surface area (Å²) in [6, 6.07) is 13.1. The fourth-order valence-electron chi connectivity index (χ4n) is 8.24. The zero-order valence-electron chi connectivity index (χ0n) is 27.1. The molecule has 3 fully saturated rings. The number of rotatable bonds is 15. The third kappa shape index (κ3) is 5.61. The Labute approximate surface area is 267 Å². The first-order chi connectivity index (χ1) is 21.7. The van der Waals surface area contributed by atoms with E-state index in [2.05, 4.69) is 20.1 Å². The van der Waals surface area contributed by atoms with E-state index < -0.39 is 29.1 Å². The first kappa shape index (κ1) is 32.9. The van der Waals surface area contributed by atoms with Gasteiger partial charge in [0.25, 0.3) is 5.91 Å². The summed E-state index contributed by atoms with van der Waals surface area (Å²) in [4.78, 5) is 49.2. The van der Waals surface area contributed by atoms with Gasteiger partial charge in [0.05, 0.1) is 17.4 Å². The minimum atomic E-state index is -1.11. The van der Waals surface area contributed by atoms with Gasteiger partial charge in [-0.25, -0.2) is 0 Å². The molecule has 6 atom stereocenters. The lowest BCUT2D eigenvalue weighted by atomic mass is 9.62. The van der Waals surface area contributed by atoms with Crippen LogP contribution in [0.15, 0.2) is 67.8 Å². The van der Waals surface area contributed by atoms with Crippen LogP contribution in [-0.2, 0) is 19.1 Å². The van der Waals surface area contributed by atoms with Crippen LogP contribution < -0.4 is 4.90 Å². The molecule has 1 N–H and O–H groups in total. The SMILES string of the molecule is C=CCN(CCC)C(=O)[C@@H]1[C@H]2C(=O)N(CCCCCCO)C(C(=O)N(CC=C)c3ccc4ccccc4c3)C23CC(C)[C@@]1(C)O3. The Kier molecular flexibility index (Phi) is 9.85. The lowest BCUT2D eigenvalue weighted by Crippen LogP contribution is -2.57. The van der Waals surface area contributed by atoms with E-state index >= 15 is 0 Å².